The lowest BCUT2D eigenvalue weighted by Gasteiger charge is -2.14. The second-order valence-corrected chi connectivity index (χ2v) is 7.27. The molecule has 0 amide bonds. The van der Waals surface area contributed by atoms with Gasteiger partial charge in [0.15, 0.2) is 0 Å². The standard InChI is InChI=1S/C23H33NO4/c1-2-3-4-5-6-9-14-28-22-13-12-18(20-10-7-8-11-21(20)22)16-24-17-19(25)15-23(26)27/h7-8,10-13,19,24-25H,2-6,9,14-17H2,1H3,(H,26,27). The second-order valence-electron chi connectivity index (χ2n) is 7.27. The highest BCUT2D eigenvalue weighted by molar-refractivity contribution is 5.91. The number of fused-ring (bicyclic) bond motifs is 1. The van der Waals surface area contributed by atoms with Gasteiger partial charge in [0.05, 0.1) is 19.1 Å². The predicted octanol–water partition coefficient (Wildman–Crippen LogP) is 4.50. The summed E-state index contributed by atoms with van der Waals surface area (Å²) >= 11 is 0. The molecule has 0 aliphatic carbocycles. The van der Waals surface area contributed by atoms with Crippen molar-refractivity contribution in [1.29, 1.82) is 0 Å². The summed E-state index contributed by atoms with van der Waals surface area (Å²) in [5, 5.41) is 23.7. The fraction of sp³-hybridized carbons (Fsp3) is 0.522. The van der Waals surface area contributed by atoms with Gasteiger partial charge in [-0.15, -0.1) is 0 Å². The normalized spacial score (nSPS) is 12.2. The van der Waals surface area contributed by atoms with E-state index in [1.54, 1.807) is 0 Å². The summed E-state index contributed by atoms with van der Waals surface area (Å²) in [5.74, 6) is -0.0922. The van der Waals surface area contributed by atoms with Crippen molar-refractivity contribution in [1.82, 2.24) is 5.32 Å². The molecule has 5 nitrogen and oxygen atoms in total. The molecular weight excluding hydrogens is 354 g/mol. The average molecular weight is 388 g/mol. The number of ether oxygens (including phenoxy) is 1. The van der Waals surface area contributed by atoms with E-state index in [9.17, 15) is 9.90 Å². The summed E-state index contributed by atoms with van der Waals surface area (Å²) < 4.78 is 6.04. The molecule has 2 rings (SSSR count). The number of carboxylic acid groups (broad SMARTS) is 1. The van der Waals surface area contributed by atoms with Gasteiger partial charge in [-0.3, -0.25) is 4.79 Å². The van der Waals surface area contributed by atoms with Crippen molar-refractivity contribution < 1.29 is 19.7 Å². The van der Waals surface area contributed by atoms with E-state index < -0.39 is 12.1 Å². The third kappa shape index (κ3) is 7.49. The summed E-state index contributed by atoms with van der Waals surface area (Å²) in [4.78, 5) is 10.6. The van der Waals surface area contributed by atoms with Crippen molar-refractivity contribution in [2.75, 3.05) is 13.2 Å². The Bertz CT molecular complexity index is 732. The van der Waals surface area contributed by atoms with Crippen LogP contribution in [-0.2, 0) is 11.3 Å². The van der Waals surface area contributed by atoms with Crippen molar-refractivity contribution in [2.24, 2.45) is 0 Å². The van der Waals surface area contributed by atoms with Crippen LogP contribution < -0.4 is 10.1 Å². The van der Waals surface area contributed by atoms with Crippen molar-refractivity contribution in [3.05, 3.63) is 42.0 Å². The highest BCUT2D eigenvalue weighted by Gasteiger charge is 2.10. The Hall–Kier alpha value is -2.11. The Morgan fingerprint density at radius 1 is 1.04 bits per heavy atom. The van der Waals surface area contributed by atoms with Crippen LogP contribution >= 0.6 is 0 Å². The van der Waals surface area contributed by atoms with Crippen molar-refractivity contribution in [3.8, 4) is 5.75 Å². The van der Waals surface area contributed by atoms with E-state index in [2.05, 4.69) is 24.4 Å². The largest absolute Gasteiger partial charge is 0.493 e. The monoisotopic (exact) mass is 387 g/mol. The molecule has 5 heteroatoms. The van der Waals surface area contributed by atoms with Crippen LogP contribution in [0.2, 0.25) is 0 Å². The van der Waals surface area contributed by atoms with Gasteiger partial charge in [0.25, 0.3) is 0 Å². The maximum atomic E-state index is 10.6. The van der Waals surface area contributed by atoms with Crippen molar-refractivity contribution >= 4 is 16.7 Å². The first-order chi connectivity index (χ1) is 13.6. The number of unbranched alkanes of at least 4 members (excludes halogenated alkanes) is 5. The van der Waals surface area contributed by atoms with Crippen LogP contribution in [0.5, 0.6) is 5.75 Å². The van der Waals surface area contributed by atoms with Crippen LogP contribution in [-0.4, -0.2) is 35.4 Å². The fourth-order valence-corrected chi connectivity index (χ4v) is 3.33. The van der Waals surface area contributed by atoms with E-state index in [-0.39, 0.29) is 13.0 Å². The topological polar surface area (TPSA) is 78.8 Å². The molecule has 0 heterocycles. The minimum atomic E-state index is -0.994. The lowest BCUT2D eigenvalue weighted by molar-refractivity contribution is -0.139. The molecule has 2 aromatic carbocycles. The SMILES string of the molecule is CCCCCCCCOc1ccc(CNCC(O)CC(=O)O)c2ccccc12. The Morgan fingerprint density at radius 3 is 2.50 bits per heavy atom. The first kappa shape index (κ1) is 22.2. The molecular formula is C23H33NO4. The average Bonchev–Trinajstić information content (AvgIpc) is 2.68. The minimum absolute atomic E-state index is 0.247. The maximum Gasteiger partial charge on any atom is 0.306 e. The van der Waals surface area contributed by atoms with E-state index in [1.165, 1.54) is 32.1 Å². The van der Waals surface area contributed by atoms with Gasteiger partial charge in [-0.1, -0.05) is 69.4 Å². The molecule has 0 aliphatic heterocycles. The van der Waals surface area contributed by atoms with E-state index in [1.807, 2.05) is 24.3 Å². The first-order valence-corrected chi connectivity index (χ1v) is 10.4. The molecule has 28 heavy (non-hydrogen) atoms. The van der Waals surface area contributed by atoms with Gasteiger partial charge in [0.1, 0.15) is 5.75 Å². The Labute approximate surface area is 167 Å². The predicted molar refractivity (Wildman–Crippen MR) is 113 cm³/mol. The van der Waals surface area contributed by atoms with Crippen LogP contribution in [0.1, 0.15) is 57.4 Å². The van der Waals surface area contributed by atoms with Gasteiger partial charge in [-0.05, 0) is 23.4 Å². The van der Waals surface area contributed by atoms with Crippen LogP contribution in [0.25, 0.3) is 10.8 Å². The van der Waals surface area contributed by atoms with Crippen molar-refractivity contribution in [2.45, 2.75) is 64.5 Å². The summed E-state index contributed by atoms with van der Waals surface area (Å²) in [6.07, 6.45) is 6.30. The lowest BCUT2D eigenvalue weighted by Crippen LogP contribution is -2.28. The molecule has 1 atom stereocenters. The molecule has 0 fully saturated rings. The molecule has 0 aromatic heterocycles. The molecule has 154 valence electrons. The Kier molecular flexibility index (Phi) is 9.80. The van der Waals surface area contributed by atoms with Gasteiger partial charge >= 0.3 is 5.97 Å². The zero-order valence-corrected chi connectivity index (χ0v) is 16.8. The number of hydrogen-bond acceptors (Lipinski definition) is 4. The van der Waals surface area contributed by atoms with Crippen LogP contribution in [0, 0.1) is 0 Å². The van der Waals surface area contributed by atoms with Crippen LogP contribution in [0.4, 0.5) is 0 Å². The highest BCUT2D eigenvalue weighted by Crippen LogP contribution is 2.29. The number of aliphatic carboxylic acids is 1. The number of aliphatic hydroxyl groups is 1. The van der Waals surface area contributed by atoms with E-state index in [0.717, 1.165) is 35.1 Å². The van der Waals surface area contributed by atoms with E-state index >= 15 is 0 Å². The highest BCUT2D eigenvalue weighted by atomic mass is 16.5. The fourth-order valence-electron chi connectivity index (χ4n) is 3.33. The van der Waals surface area contributed by atoms with Crippen LogP contribution in [0.15, 0.2) is 36.4 Å². The van der Waals surface area contributed by atoms with Crippen molar-refractivity contribution in [3.63, 3.8) is 0 Å². The lowest BCUT2D eigenvalue weighted by atomic mass is 10.0. The van der Waals surface area contributed by atoms with Gasteiger partial charge in [0.2, 0.25) is 0 Å². The molecule has 1 unspecified atom stereocenters. The molecule has 0 spiro atoms. The van der Waals surface area contributed by atoms with E-state index in [4.69, 9.17) is 9.84 Å². The third-order valence-electron chi connectivity index (χ3n) is 4.84. The minimum Gasteiger partial charge on any atom is -0.493 e. The summed E-state index contributed by atoms with van der Waals surface area (Å²) in [6.45, 7) is 3.77. The Morgan fingerprint density at radius 2 is 1.75 bits per heavy atom. The van der Waals surface area contributed by atoms with Gasteiger partial charge in [0, 0.05) is 18.5 Å². The Balaban J connectivity index is 1.90. The summed E-state index contributed by atoms with van der Waals surface area (Å²) in [5.41, 5.74) is 1.10. The number of carboxylic acids is 1. The first-order valence-electron chi connectivity index (χ1n) is 10.4. The smallest absolute Gasteiger partial charge is 0.306 e. The van der Waals surface area contributed by atoms with Gasteiger partial charge in [-0.2, -0.15) is 0 Å². The summed E-state index contributed by atoms with van der Waals surface area (Å²) in [7, 11) is 0. The molecule has 2 aromatic rings. The molecule has 0 saturated heterocycles. The van der Waals surface area contributed by atoms with Gasteiger partial charge < -0.3 is 20.3 Å². The quantitative estimate of drug-likeness (QED) is 0.416. The second kappa shape index (κ2) is 12.4. The molecule has 0 bridgehead atoms. The molecule has 3 N–H and O–H groups in total. The number of benzene rings is 2. The number of rotatable bonds is 14. The molecule has 0 aliphatic rings. The zero-order chi connectivity index (χ0) is 20.2. The molecule has 0 saturated carbocycles. The number of hydrogen-bond donors (Lipinski definition) is 3. The number of carbonyl (C=O) groups is 1. The van der Waals surface area contributed by atoms with Crippen LogP contribution in [0.3, 0.4) is 0 Å². The van der Waals surface area contributed by atoms with Gasteiger partial charge in [-0.25, -0.2) is 0 Å². The molecule has 0 radical (unpaired) electrons. The number of aliphatic hydroxyl groups excluding tert-OH is 1. The number of nitrogens with one attached hydrogen (secondary N) is 1. The van der Waals surface area contributed by atoms with E-state index in [0.29, 0.717) is 6.54 Å². The maximum absolute atomic E-state index is 10.6. The zero-order valence-electron chi connectivity index (χ0n) is 16.8. The third-order valence-corrected chi connectivity index (χ3v) is 4.84. The summed E-state index contributed by atoms with van der Waals surface area (Å²) in [6, 6.07) is 12.2.